The molecule has 0 N–H and O–H groups in total. The fourth-order valence-corrected chi connectivity index (χ4v) is 2.47. The molecule has 0 unspecified atom stereocenters. The van der Waals surface area contributed by atoms with E-state index >= 15 is 0 Å². The van der Waals surface area contributed by atoms with E-state index in [2.05, 4.69) is 22.6 Å². The first-order valence-corrected chi connectivity index (χ1v) is 7.81. The molecule has 0 fully saturated rings. The van der Waals surface area contributed by atoms with Crippen molar-refractivity contribution in [3.05, 3.63) is 57.2 Å². The van der Waals surface area contributed by atoms with Crippen LogP contribution in [0.25, 0.3) is 0 Å². The van der Waals surface area contributed by atoms with E-state index in [-0.39, 0.29) is 12.4 Å². The van der Waals surface area contributed by atoms with Gasteiger partial charge in [-0.15, -0.1) is 0 Å². The van der Waals surface area contributed by atoms with Gasteiger partial charge in [-0.2, -0.15) is 0 Å². The number of hydrogen-bond donors (Lipinski definition) is 0. The molecular formula is C17H15IO5. The third-order valence-corrected chi connectivity index (χ3v) is 3.77. The zero-order valence-corrected chi connectivity index (χ0v) is 14.8. The van der Waals surface area contributed by atoms with Gasteiger partial charge in [0.05, 0.1) is 19.8 Å². The predicted octanol–water partition coefficient (Wildman–Crippen LogP) is 3.35. The second kappa shape index (κ2) is 7.96. The van der Waals surface area contributed by atoms with Crippen LogP contribution in [0.1, 0.15) is 20.7 Å². The monoisotopic (exact) mass is 426 g/mol. The highest BCUT2D eigenvalue weighted by molar-refractivity contribution is 14.1. The molecule has 0 atom stereocenters. The Morgan fingerprint density at radius 2 is 1.70 bits per heavy atom. The zero-order valence-electron chi connectivity index (χ0n) is 12.7. The minimum Gasteiger partial charge on any atom is -0.493 e. The Hall–Kier alpha value is -2.09. The van der Waals surface area contributed by atoms with Crippen molar-refractivity contribution in [3.8, 4) is 11.5 Å². The van der Waals surface area contributed by atoms with Crippen molar-refractivity contribution in [1.82, 2.24) is 0 Å². The number of methoxy groups -OCH3 is 2. The summed E-state index contributed by atoms with van der Waals surface area (Å²) in [5, 5.41) is 0. The van der Waals surface area contributed by atoms with E-state index in [1.54, 1.807) is 36.4 Å². The van der Waals surface area contributed by atoms with Gasteiger partial charge in [0.1, 0.15) is 0 Å². The van der Waals surface area contributed by atoms with Crippen LogP contribution in [-0.2, 0) is 4.74 Å². The normalized spacial score (nSPS) is 10.0. The zero-order chi connectivity index (χ0) is 16.8. The topological polar surface area (TPSA) is 61.8 Å². The summed E-state index contributed by atoms with van der Waals surface area (Å²) in [5.74, 6) is 0.129. The minimum absolute atomic E-state index is 0.315. The highest BCUT2D eigenvalue weighted by Crippen LogP contribution is 2.27. The lowest BCUT2D eigenvalue weighted by Crippen LogP contribution is -2.14. The standard InChI is InChI=1S/C17H15IO5/c1-21-15-7-6-11(9-16(15)22-2)14(19)10-23-17(20)12-4-3-5-13(18)8-12/h3-9H,10H2,1-2H3. The number of hydrogen-bond acceptors (Lipinski definition) is 5. The Morgan fingerprint density at radius 3 is 2.35 bits per heavy atom. The predicted molar refractivity (Wildman–Crippen MR) is 93.3 cm³/mol. The Labute approximate surface area is 147 Å². The SMILES string of the molecule is COc1ccc(C(=O)COC(=O)c2cccc(I)c2)cc1OC. The summed E-state index contributed by atoms with van der Waals surface area (Å²) >= 11 is 2.10. The Bertz CT molecular complexity index is 727. The van der Waals surface area contributed by atoms with Crippen LogP contribution >= 0.6 is 22.6 Å². The molecule has 2 aromatic carbocycles. The minimum atomic E-state index is -0.530. The van der Waals surface area contributed by atoms with E-state index in [1.807, 2.05) is 6.07 Å². The average Bonchev–Trinajstić information content (AvgIpc) is 2.58. The molecule has 0 amide bonds. The molecule has 0 heterocycles. The second-order valence-electron chi connectivity index (χ2n) is 4.58. The van der Waals surface area contributed by atoms with Gasteiger partial charge in [-0.1, -0.05) is 6.07 Å². The van der Waals surface area contributed by atoms with Gasteiger partial charge in [-0.05, 0) is 59.0 Å². The molecule has 0 saturated carbocycles. The highest BCUT2D eigenvalue weighted by atomic mass is 127. The number of halogens is 1. The van der Waals surface area contributed by atoms with E-state index in [4.69, 9.17) is 14.2 Å². The molecule has 0 radical (unpaired) electrons. The first kappa shape index (κ1) is 17.3. The summed E-state index contributed by atoms with van der Waals surface area (Å²) < 4.78 is 16.3. The highest BCUT2D eigenvalue weighted by Gasteiger charge is 2.14. The van der Waals surface area contributed by atoms with Crippen LogP contribution in [0.15, 0.2) is 42.5 Å². The van der Waals surface area contributed by atoms with Crippen LogP contribution in [0.3, 0.4) is 0 Å². The molecule has 23 heavy (non-hydrogen) atoms. The number of esters is 1. The van der Waals surface area contributed by atoms with Crippen LogP contribution in [0.2, 0.25) is 0 Å². The lowest BCUT2D eigenvalue weighted by Gasteiger charge is -2.09. The van der Waals surface area contributed by atoms with Crippen molar-refractivity contribution >= 4 is 34.3 Å². The second-order valence-corrected chi connectivity index (χ2v) is 5.83. The maximum Gasteiger partial charge on any atom is 0.338 e. The maximum atomic E-state index is 12.1. The molecule has 5 nitrogen and oxygen atoms in total. The van der Waals surface area contributed by atoms with Gasteiger partial charge >= 0.3 is 5.97 Å². The molecule has 0 aliphatic carbocycles. The molecule has 0 aliphatic rings. The quantitative estimate of drug-likeness (QED) is 0.403. The first-order valence-electron chi connectivity index (χ1n) is 6.73. The third-order valence-electron chi connectivity index (χ3n) is 3.10. The molecular weight excluding hydrogens is 411 g/mol. The van der Waals surface area contributed by atoms with Gasteiger partial charge < -0.3 is 14.2 Å². The van der Waals surface area contributed by atoms with Crippen LogP contribution in [0.5, 0.6) is 11.5 Å². The van der Waals surface area contributed by atoms with E-state index in [9.17, 15) is 9.59 Å². The van der Waals surface area contributed by atoms with Crippen molar-refractivity contribution in [2.45, 2.75) is 0 Å². The number of Topliss-reactive ketones (excluding diaryl/α,β-unsaturated/α-hetero) is 1. The summed E-state index contributed by atoms with van der Waals surface area (Å²) in [6.07, 6.45) is 0. The molecule has 0 aliphatic heterocycles. The number of benzene rings is 2. The molecule has 2 aromatic rings. The number of carbonyl (C=O) groups excluding carboxylic acids is 2. The number of ether oxygens (including phenoxy) is 3. The van der Waals surface area contributed by atoms with Crippen molar-refractivity contribution in [2.75, 3.05) is 20.8 Å². The number of ketones is 1. The Morgan fingerprint density at radius 1 is 0.957 bits per heavy atom. The van der Waals surface area contributed by atoms with Gasteiger partial charge in [-0.25, -0.2) is 4.79 Å². The van der Waals surface area contributed by atoms with Crippen molar-refractivity contribution in [2.24, 2.45) is 0 Å². The summed E-state index contributed by atoms with van der Waals surface area (Å²) in [4.78, 5) is 24.1. The number of carbonyl (C=O) groups is 2. The molecule has 6 heteroatoms. The molecule has 0 aromatic heterocycles. The maximum absolute atomic E-state index is 12.1. The summed E-state index contributed by atoms with van der Waals surface area (Å²) in [6.45, 7) is -0.334. The van der Waals surface area contributed by atoms with E-state index in [0.29, 0.717) is 22.6 Å². The smallest absolute Gasteiger partial charge is 0.338 e. The van der Waals surface area contributed by atoms with Crippen molar-refractivity contribution in [3.63, 3.8) is 0 Å². The molecule has 2 rings (SSSR count). The Balaban J connectivity index is 2.03. The summed E-state index contributed by atoms with van der Waals surface area (Å²) in [6, 6.07) is 11.8. The van der Waals surface area contributed by atoms with Gasteiger partial charge in [-0.3, -0.25) is 4.79 Å². The van der Waals surface area contributed by atoms with Crippen LogP contribution in [0.4, 0.5) is 0 Å². The molecule has 0 saturated heterocycles. The van der Waals surface area contributed by atoms with Crippen LogP contribution in [0, 0.1) is 3.57 Å². The first-order chi connectivity index (χ1) is 11.0. The molecule has 0 spiro atoms. The number of rotatable bonds is 6. The van der Waals surface area contributed by atoms with E-state index < -0.39 is 5.97 Å². The fourth-order valence-electron chi connectivity index (χ4n) is 1.92. The van der Waals surface area contributed by atoms with Crippen LogP contribution < -0.4 is 9.47 Å². The third kappa shape index (κ3) is 4.44. The van der Waals surface area contributed by atoms with Gasteiger partial charge in [0, 0.05) is 9.13 Å². The van der Waals surface area contributed by atoms with Gasteiger partial charge in [0.15, 0.2) is 23.9 Å². The van der Waals surface area contributed by atoms with Gasteiger partial charge in [0.2, 0.25) is 0 Å². The van der Waals surface area contributed by atoms with Crippen molar-refractivity contribution in [1.29, 1.82) is 0 Å². The lowest BCUT2D eigenvalue weighted by atomic mass is 10.1. The van der Waals surface area contributed by atoms with Crippen molar-refractivity contribution < 1.29 is 23.8 Å². The average molecular weight is 426 g/mol. The Kier molecular flexibility index (Phi) is 5.97. The lowest BCUT2D eigenvalue weighted by molar-refractivity contribution is 0.0474. The summed E-state index contributed by atoms with van der Waals surface area (Å²) in [5.41, 5.74) is 0.801. The summed E-state index contributed by atoms with van der Waals surface area (Å²) in [7, 11) is 3.01. The molecule has 120 valence electrons. The van der Waals surface area contributed by atoms with E-state index in [0.717, 1.165) is 3.57 Å². The van der Waals surface area contributed by atoms with Gasteiger partial charge in [0.25, 0.3) is 0 Å². The fraction of sp³-hybridized carbons (Fsp3) is 0.176. The van der Waals surface area contributed by atoms with E-state index in [1.165, 1.54) is 14.2 Å². The van der Waals surface area contributed by atoms with Crippen LogP contribution in [-0.4, -0.2) is 32.6 Å². The largest absolute Gasteiger partial charge is 0.493 e. The molecule has 0 bridgehead atoms.